The van der Waals surface area contributed by atoms with Gasteiger partial charge in [-0.3, -0.25) is 9.59 Å². The van der Waals surface area contributed by atoms with Gasteiger partial charge in [-0.25, -0.2) is 0 Å². The highest BCUT2D eigenvalue weighted by Gasteiger charge is 2.36. The Labute approximate surface area is 188 Å². The van der Waals surface area contributed by atoms with E-state index in [0.29, 0.717) is 31.0 Å². The molecule has 0 radical (unpaired) electrons. The van der Waals surface area contributed by atoms with Gasteiger partial charge in [0, 0.05) is 44.2 Å². The number of piperidine rings is 2. The van der Waals surface area contributed by atoms with Crippen LogP contribution in [0, 0.1) is 29.6 Å². The van der Waals surface area contributed by atoms with Gasteiger partial charge in [0.1, 0.15) is 0 Å². The zero-order chi connectivity index (χ0) is 22.4. The number of rotatable bonds is 8. The molecule has 5 N–H and O–H groups in total. The highest BCUT2D eigenvalue weighted by atomic mass is 16.2. The van der Waals surface area contributed by atoms with E-state index in [1.807, 2.05) is 6.92 Å². The second kappa shape index (κ2) is 11.6. The van der Waals surface area contributed by atoms with Gasteiger partial charge in [-0.15, -0.1) is 0 Å². The molecule has 0 aromatic rings. The van der Waals surface area contributed by atoms with Crippen LogP contribution in [0.15, 0.2) is 0 Å². The summed E-state index contributed by atoms with van der Waals surface area (Å²) in [5.74, 6) is 1.88. The van der Waals surface area contributed by atoms with E-state index in [2.05, 4.69) is 34.8 Å². The van der Waals surface area contributed by atoms with E-state index in [1.165, 1.54) is 25.7 Å². The Bertz CT molecular complexity index is 601. The average Bonchev–Trinajstić information content (AvgIpc) is 2.73. The van der Waals surface area contributed by atoms with Crippen molar-refractivity contribution in [1.29, 1.82) is 0 Å². The quantitative estimate of drug-likeness (QED) is 0.461. The van der Waals surface area contributed by atoms with Gasteiger partial charge in [-0.2, -0.15) is 0 Å². The standard InChI is InChI=1S/C24H45N5O2/c1-16-11-17(2)28-24(31)21(16)14-27-23(30)20-7-9-26-22(13-20)19-6-4-5-18(12-19)15-29(3)10-8-25/h16-22,26H,4-15,25H2,1-3H3,(H,27,30)(H,28,31). The summed E-state index contributed by atoms with van der Waals surface area (Å²) in [6, 6.07) is 0.666. The predicted octanol–water partition coefficient (Wildman–Crippen LogP) is 1.33. The number of nitrogens with one attached hydrogen (secondary N) is 3. The Morgan fingerprint density at radius 1 is 1.19 bits per heavy atom. The number of hydrogen-bond donors (Lipinski definition) is 4. The van der Waals surface area contributed by atoms with Crippen molar-refractivity contribution in [2.75, 3.05) is 39.8 Å². The van der Waals surface area contributed by atoms with Crippen molar-refractivity contribution >= 4 is 11.8 Å². The molecule has 2 saturated heterocycles. The van der Waals surface area contributed by atoms with Crippen LogP contribution in [-0.2, 0) is 9.59 Å². The molecule has 2 heterocycles. The lowest BCUT2D eigenvalue weighted by molar-refractivity contribution is -0.131. The number of carbonyl (C=O) groups is 2. The van der Waals surface area contributed by atoms with Crippen molar-refractivity contribution < 1.29 is 9.59 Å². The maximum atomic E-state index is 12.9. The molecule has 2 aliphatic heterocycles. The molecule has 1 saturated carbocycles. The molecule has 2 amide bonds. The summed E-state index contributed by atoms with van der Waals surface area (Å²) in [7, 11) is 2.17. The van der Waals surface area contributed by atoms with Crippen molar-refractivity contribution in [2.45, 2.75) is 70.9 Å². The van der Waals surface area contributed by atoms with E-state index in [-0.39, 0.29) is 29.7 Å². The summed E-state index contributed by atoms with van der Waals surface area (Å²) in [6.07, 6.45) is 7.90. The van der Waals surface area contributed by atoms with Gasteiger partial charge in [0.05, 0.1) is 5.92 Å². The molecule has 3 aliphatic rings. The molecule has 1 aliphatic carbocycles. The van der Waals surface area contributed by atoms with Gasteiger partial charge in [-0.1, -0.05) is 13.3 Å². The van der Waals surface area contributed by atoms with Crippen molar-refractivity contribution in [2.24, 2.45) is 35.3 Å². The van der Waals surface area contributed by atoms with Crippen LogP contribution in [-0.4, -0.2) is 68.6 Å². The smallest absolute Gasteiger partial charge is 0.225 e. The fraction of sp³-hybridized carbons (Fsp3) is 0.917. The molecule has 3 rings (SSSR count). The van der Waals surface area contributed by atoms with Gasteiger partial charge in [0.15, 0.2) is 0 Å². The molecule has 0 spiro atoms. The molecule has 7 heteroatoms. The summed E-state index contributed by atoms with van der Waals surface area (Å²) in [5.41, 5.74) is 5.70. The number of likely N-dealkylation sites (N-methyl/N-ethyl adjacent to an activating group) is 1. The largest absolute Gasteiger partial charge is 0.355 e. The molecular weight excluding hydrogens is 390 g/mol. The van der Waals surface area contributed by atoms with Crippen LogP contribution < -0.4 is 21.7 Å². The normalized spacial score (nSPS) is 36.8. The molecule has 0 bridgehead atoms. The van der Waals surface area contributed by atoms with E-state index in [9.17, 15) is 9.59 Å². The van der Waals surface area contributed by atoms with Gasteiger partial charge >= 0.3 is 0 Å². The minimum absolute atomic E-state index is 0.0624. The first-order valence-electron chi connectivity index (χ1n) is 12.6. The Balaban J connectivity index is 1.47. The molecular formula is C24H45N5O2. The van der Waals surface area contributed by atoms with Gasteiger partial charge < -0.3 is 26.6 Å². The summed E-state index contributed by atoms with van der Waals surface area (Å²) < 4.78 is 0. The van der Waals surface area contributed by atoms with Crippen LogP contribution in [0.1, 0.15) is 58.8 Å². The predicted molar refractivity (Wildman–Crippen MR) is 124 cm³/mol. The summed E-state index contributed by atoms with van der Waals surface area (Å²) in [4.78, 5) is 27.6. The van der Waals surface area contributed by atoms with Crippen LogP contribution in [0.4, 0.5) is 0 Å². The Morgan fingerprint density at radius 3 is 2.74 bits per heavy atom. The lowest BCUT2D eigenvalue weighted by Gasteiger charge is -2.40. The Morgan fingerprint density at radius 2 is 2.00 bits per heavy atom. The van der Waals surface area contributed by atoms with E-state index in [0.717, 1.165) is 44.8 Å². The molecule has 7 atom stereocenters. The van der Waals surface area contributed by atoms with Crippen LogP contribution >= 0.6 is 0 Å². The molecule has 0 aromatic carbocycles. The van der Waals surface area contributed by atoms with Crippen LogP contribution in [0.25, 0.3) is 0 Å². The van der Waals surface area contributed by atoms with E-state index in [1.54, 1.807) is 0 Å². The molecule has 3 fully saturated rings. The first kappa shape index (κ1) is 24.5. The molecule has 7 nitrogen and oxygen atoms in total. The number of nitrogens with zero attached hydrogens (tertiary/aromatic N) is 1. The second-order valence-electron chi connectivity index (χ2n) is 10.6. The number of carbonyl (C=O) groups excluding carboxylic acids is 2. The summed E-state index contributed by atoms with van der Waals surface area (Å²) >= 11 is 0. The molecule has 31 heavy (non-hydrogen) atoms. The Hall–Kier alpha value is -1.18. The summed E-state index contributed by atoms with van der Waals surface area (Å²) in [5, 5.41) is 9.87. The minimum atomic E-state index is -0.109. The van der Waals surface area contributed by atoms with Crippen molar-refractivity contribution in [3.63, 3.8) is 0 Å². The second-order valence-corrected chi connectivity index (χ2v) is 10.6. The molecule has 178 valence electrons. The highest BCUT2D eigenvalue weighted by molar-refractivity contribution is 5.82. The average molecular weight is 436 g/mol. The minimum Gasteiger partial charge on any atom is -0.355 e. The first-order chi connectivity index (χ1) is 14.9. The lowest BCUT2D eigenvalue weighted by Crippen LogP contribution is -2.52. The third kappa shape index (κ3) is 6.90. The monoisotopic (exact) mass is 435 g/mol. The van der Waals surface area contributed by atoms with E-state index < -0.39 is 0 Å². The third-order valence-electron chi connectivity index (χ3n) is 7.92. The number of amides is 2. The SMILES string of the molecule is CC1CC(C)C(CNC(=O)C2CCNC(C3CCCC(CN(C)CCN)C3)C2)C(=O)N1. The third-order valence-corrected chi connectivity index (χ3v) is 7.92. The Kier molecular flexibility index (Phi) is 9.17. The lowest BCUT2D eigenvalue weighted by atomic mass is 9.74. The van der Waals surface area contributed by atoms with E-state index in [4.69, 9.17) is 5.73 Å². The number of nitrogens with two attached hydrogens (primary N) is 1. The van der Waals surface area contributed by atoms with Crippen molar-refractivity contribution in [3.05, 3.63) is 0 Å². The molecule has 0 aromatic heterocycles. The van der Waals surface area contributed by atoms with Crippen molar-refractivity contribution in [1.82, 2.24) is 20.9 Å². The highest BCUT2D eigenvalue weighted by Crippen LogP contribution is 2.35. The topological polar surface area (TPSA) is 99.5 Å². The zero-order valence-electron chi connectivity index (χ0n) is 19.9. The first-order valence-corrected chi connectivity index (χ1v) is 12.6. The van der Waals surface area contributed by atoms with Crippen LogP contribution in [0.3, 0.4) is 0 Å². The van der Waals surface area contributed by atoms with Gasteiger partial charge in [0.2, 0.25) is 11.8 Å². The van der Waals surface area contributed by atoms with Crippen LogP contribution in [0.5, 0.6) is 0 Å². The fourth-order valence-electron chi connectivity index (χ4n) is 6.20. The fourth-order valence-corrected chi connectivity index (χ4v) is 6.20. The van der Waals surface area contributed by atoms with Crippen molar-refractivity contribution in [3.8, 4) is 0 Å². The van der Waals surface area contributed by atoms with Gasteiger partial charge in [0.25, 0.3) is 0 Å². The summed E-state index contributed by atoms with van der Waals surface area (Å²) in [6.45, 7) is 8.35. The van der Waals surface area contributed by atoms with Crippen LogP contribution in [0.2, 0.25) is 0 Å². The zero-order valence-corrected chi connectivity index (χ0v) is 19.9. The van der Waals surface area contributed by atoms with E-state index >= 15 is 0 Å². The maximum Gasteiger partial charge on any atom is 0.225 e. The number of hydrogen-bond acceptors (Lipinski definition) is 5. The van der Waals surface area contributed by atoms with Gasteiger partial charge in [-0.05, 0) is 76.8 Å². The molecule has 7 unspecified atom stereocenters. The maximum absolute atomic E-state index is 12.9.